The van der Waals surface area contributed by atoms with Gasteiger partial charge in [-0.25, -0.2) is 4.79 Å². The summed E-state index contributed by atoms with van der Waals surface area (Å²) in [6.07, 6.45) is -0.176. The minimum atomic E-state index is -1.24. The van der Waals surface area contributed by atoms with Crippen molar-refractivity contribution in [3.8, 4) is 17.2 Å². The highest BCUT2D eigenvalue weighted by Crippen LogP contribution is 2.21. The number of aliphatic carboxylic acids is 1. The summed E-state index contributed by atoms with van der Waals surface area (Å²) in [6.45, 7) is 2.58. The lowest BCUT2D eigenvalue weighted by molar-refractivity contribution is -0.154. The molecule has 2 N–H and O–H groups in total. The lowest BCUT2D eigenvalue weighted by Gasteiger charge is -2.27. The zero-order valence-electron chi connectivity index (χ0n) is 20.2. The lowest BCUT2D eigenvalue weighted by atomic mass is 10.1. The van der Waals surface area contributed by atoms with Crippen LogP contribution in [0.15, 0.2) is 78.9 Å². The third-order valence-electron chi connectivity index (χ3n) is 5.32. The standard InChI is InChI=1S/C28H33NO6/c1-3-8-21-13-15-24(16-14-21)35-27(28(31)32)29(2)18-23(30)20-34-26-12-7-11-25(17-26)33-19-22-9-5-4-6-10-22/h4-7,9-17,23,27,30H,3,8,18-20H2,1-2H3,(H,31,32). The van der Waals surface area contributed by atoms with Crippen LogP contribution in [0.1, 0.15) is 24.5 Å². The third-order valence-corrected chi connectivity index (χ3v) is 5.32. The van der Waals surface area contributed by atoms with Gasteiger partial charge in [0.2, 0.25) is 0 Å². The van der Waals surface area contributed by atoms with Crippen LogP contribution >= 0.6 is 0 Å². The highest BCUT2D eigenvalue weighted by molar-refractivity contribution is 5.72. The second-order valence-electron chi connectivity index (χ2n) is 8.36. The molecule has 0 aliphatic heterocycles. The number of hydrogen-bond acceptors (Lipinski definition) is 6. The number of rotatable bonds is 14. The molecule has 0 fully saturated rings. The van der Waals surface area contributed by atoms with Gasteiger partial charge < -0.3 is 24.4 Å². The van der Waals surface area contributed by atoms with Crippen molar-refractivity contribution in [2.24, 2.45) is 0 Å². The van der Waals surface area contributed by atoms with E-state index in [0.717, 1.165) is 18.4 Å². The van der Waals surface area contributed by atoms with Crippen LogP contribution in [0.5, 0.6) is 17.2 Å². The summed E-state index contributed by atoms with van der Waals surface area (Å²) in [5, 5.41) is 20.1. The smallest absolute Gasteiger partial charge is 0.360 e. The van der Waals surface area contributed by atoms with Crippen LogP contribution in [0.2, 0.25) is 0 Å². The Hall–Kier alpha value is -3.55. The van der Waals surface area contributed by atoms with Crippen LogP contribution in [0.3, 0.4) is 0 Å². The number of carboxylic acids is 1. The van der Waals surface area contributed by atoms with Crippen LogP contribution in [0.25, 0.3) is 0 Å². The highest BCUT2D eigenvalue weighted by atomic mass is 16.5. The molecule has 0 saturated heterocycles. The van der Waals surface area contributed by atoms with E-state index in [2.05, 4.69) is 6.92 Å². The highest BCUT2D eigenvalue weighted by Gasteiger charge is 2.26. The number of ether oxygens (including phenoxy) is 3. The van der Waals surface area contributed by atoms with Gasteiger partial charge in [0.1, 0.15) is 36.6 Å². The van der Waals surface area contributed by atoms with Gasteiger partial charge >= 0.3 is 5.97 Å². The van der Waals surface area contributed by atoms with Crippen LogP contribution in [-0.2, 0) is 17.8 Å². The molecule has 0 aliphatic rings. The number of benzene rings is 3. The normalized spacial score (nSPS) is 12.7. The van der Waals surface area contributed by atoms with Crippen molar-refractivity contribution >= 4 is 5.97 Å². The lowest BCUT2D eigenvalue weighted by Crippen LogP contribution is -2.47. The number of nitrogens with zero attached hydrogens (tertiary/aromatic N) is 1. The fourth-order valence-corrected chi connectivity index (χ4v) is 3.55. The first-order valence-electron chi connectivity index (χ1n) is 11.7. The van der Waals surface area contributed by atoms with E-state index in [4.69, 9.17) is 14.2 Å². The molecule has 0 bridgehead atoms. The zero-order chi connectivity index (χ0) is 25.0. The Balaban J connectivity index is 1.49. The Labute approximate surface area is 206 Å². The predicted molar refractivity (Wildman–Crippen MR) is 134 cm³/mol. The first-order valence-corrected chi connectivity index (χ1v) is 11.7. The van der Waals surface area contributed by atoms with Crippen molar-refractivity contribution in [2.45, 2.75) is 38.7 Å². The molecule has 2 atom stereocenters. The van der Waals surface area contributed by atoms with E-state index in [1.807, 2.05) is 54.6 Å². The maximum atomic E-state index is 11.8. The Morgan fingerprint density at radius 1 is 0.886 bits per heavy atom. The maximum absolute atomic E-state index is 11.8. The van der Waals surface area contributed by atoms with Gasteiger partial charge in [-0.1, -0.05) is 61.9 Å². The quantitative estimate of drug-likeness (QED) is 0.332. The molecular formula is C28H33NO6. The van der Waals surface area contributed by atoms with Gasteiger partial charge in [-0.05, 0) is 48.9 Å². The molecule has 0 radical (unpaired) electrons. The topological polar surface area (TPSA) is 88.5 Å². The van der Waals surface area contributed by atoms with Gasteiger partial charge in [0.25, 0.3) is 6.23 Å². The largest absolute Gasteiger partial charge is 0.491 e. The fourth-order valence-electron chi connectivity index (χ4n) is 3.55. The minimum absolute atomic E-state index is 0.00939. The molecule has 3 rings (SSSR count). The first-order chi connectivity index (χ1) is 16.9. The van der Waals surface area contributed by atoms with Gasteiger partial charge in [0, 0.05) is 12.6 Å². The van der Waals surface area contributed by atoms with Crippen LogP contribution in [0.4, 0.5) is 0 Å². The number of carbonyl (C=O) groups is 1. The Morgan fingerprint density at radius 3 is 2.23 bits per heavy atom. The van der Waals surface area contributed by atoms with Gasteiger partial charge in [0.15, 0.2) is 0 Å². The number of hydrogen-bond donors (Lipinski definition) is 2. The Kier molecular flexibility index (Phi) is 9.95. The molecule has 186 valence electrons. The van der Waals surface area contributed by atoms with E-state index in [9.17, 15) is 15.0 Å². The third kappa shape index (κ3) is 8.63. The summed E-state index contributed by atoms with van der Waals surface area (Å²) in [6, 6.07) is 24.4. The van der Waals surface area contributed by atoms with Gasteiger partial charge in [-0.3, -0.25) is 4.90 Å². The zero-order valence-corrected chi connectivity index (χ0v) is 20.2. The molecule has 2 unspecified atom stereocenters. The molecular weight excluding hydrogens is 446 g/mol. The van der Waals surface area contributed by atoms with Crippen molar-refractivity contribution in [1.29, 1.82) is 0 Å². The second kappa shape index (κ2) is 13.4. The second-order valence-corrected chi connectivity index (χ2v) is 8.36. The maximum Gasteiger partial charge on any atom is 0.360 e. The summed E-state index contributed by atoms with van der Waals surface area (Å²) in [5.74, 6) is 0.529. The molecule has 0 spiro atoms. The van der Waals surface area contributed by atoms with Crippen LogP contribution in [-0.4, -0.2) is 53.6 Å². The number of likely N-dealkylation sites (N-methyl/N-ethyl adjacent to an activating group) is 1. The predicted octanol–water partition coefficient (Wildman–Crippen LogP) is 4.38. The van der Waals surface area contributed by atoms with E-state index in [1.165, 1.54) is 10.5 Å². The molecule has 3 aromatic rings. The van der Waals surface area contributed by atoms with Gasteiger partial charge in [-0.15, -0.1) is 0 Å². The molecule has 7 nitrogen and oxygen atoms in total. The van der Waals surface area contributed by atoms with Crippen LogP contribution < -0.4 is 14.2 Å². The summed E-state index contributed by atoms with van der Waals surface area (Å²) >= 11 is 0. The molecule has 0 aromatic heterocycles. The molecule has 0 amide bonds. The molecule has 0 saturated carbocycles. The molecule has 35 heavy (non-hydrogen) atoms. The van der Waals surface area contributed by atoms with Crippen molar-refractivity contribution in [3.05, 3.63) is 90.0 Å². The average Bonchev–Trinajstić information content (AvgIpc) is 2.86. The molecule has 0 aliphatic carbocycles. The van der Waals surface area contributed by atoms with Crippen LogP contribution in [0, 0.1) is 0 Å². The average molecular weight is 480 g/mol. The molecule has 3 aromatic carbocycles. The number of aliphatic hydroxyl groups excluding tert-OH is 1. The van der Waals surface area contributed by atoms with E-state index in [-0.39, 0.29) is 13.2 Å². The first kappa shape index (κ1) is 26.1. The van der Waals surface area contributed by atoms with E-state index >= 15 is 0 Å². The van der Waals surface area contributed by atoms with E-state index in [0.29, 0.717) is 23.9 Å². The SMILES string of the molecule is CCCc1ccc(OC(C(=O)O)N(C)CC(O)COc2cccc(OCc3ccccc3)c2)cc1. The van der Waals surface area contributed by atoms with E-state index < -0.39 is 18.3 Å². The van der Waals surface area contributed by atoms with Crippen molar-refractivity contribution in [1.82, 2.24) is 4.90 Å². The fraction of sp³-hybridized carbons (Fsp3) is 0.321. The summed E-state index contributed by atoms with van der Waals surface area (Å²) in [5.41, 5.74) is 2.23. The number of aryl methyl sites for hydroxylation is 1. The number of aliphatic hydroxyl groups is 1. The number of carboxylic acid groups (broad SMARTS) is 1. The minimum Gasteiger partial charge on any atom is -0.491 e. The molecule has 0 heterocycles. The van der Waals surface area contributed by atoms with E-state index in [1.54, 1.807) is 31.3 Å². The van der Waals surface area contributed by atoms with Crippen molar-refractivity contribution in [3.63, 3.8) is 0 Å². The molecule has 7 heteroatoms. The van der Waals surface area contributed by atoms with Gasteiger partial charge in [-0.2, -0.15) is 0 Å². The summed E-state index contributed by atoms with van der Waals surface area (Å²) in [7, 11) is 1.59. The Bertz CT molecular complexity index is 1040. The van der Waals surface area contributed by atoms with Gasteiger partial charge in [0.05, 0.1) is 0 Å². The van der Waals surface area contributed by atoms with Crippen molar-refractivity contribution < 1.29 is 29.2 Å². The monoisotopic (exact) mass is 479 g/mol. The summed E-state index contributed by atoms with van der Waals surface area (Å²) < 4.78 is 17.2. The van der Waals surface area contributed by atoms with Crippen molar-refractivity contribution in [2.75, 3.05) is 20.2 Å². The summed E-state index contributed by atoms with van der Waals surface area (Å²) in [4.78, 5) is 13.2. The Morgan fingerprint density at radius 2 is 1.57 bits per heavy atom.